The van der Waals surface area contributed by atoms with Gasteiger partial charge in [0.1, 0.15) is 0 Å². The van der Waals surface area contributed by atoms with Crippen LogP contribution >= 0.6 is 0 Å². The Morgan fingerprint density at radius 2 is 1.71 bits per heavy atom. The number of nitrogens with two attached hydrogens (primary N) is 1. The van der Waals surface area contributed by atoms with Gasteiger partial charge in [-0.2, -0.15) is 0 Å². The first-order valence-electron chi connectivity index (χ1n) is 6.82. The summed E-state index contributed by atoms with van der Waals surface area (Å²) >= 11 is 0. The van der Waals surface area contributed by atoms with Gasteiger partial charge in [0, 0.05) is 6.54 Å². The molecule has 2 rings (SSSR count). The number of rotatable bonds is 4. The zero-order valence-electron chi connectivity index (χ0n) is 12.5. The zero-order chi connectivity index (χ0) is 15.6. The first-order valence-corrected chi connectivity index (χ1v) is 8.26. The van der Waals surface area contributed by atoms with Crippen LogP contribution in [-0.2, 0) is 10.0 Å². The molecule has 21 heavy (non-hydrogen) atoms. The molecule has 5 heteroatoms. The van der Waals surface area contributed by atoms with E-state index in [1.807, 2.05) is 19.9 Å². The highest BCUT2D eigenvalue weighted by atomic mass is 32.2. The van der Waals surface area contributed by atoms with Gasteiger partial charge in [-0.1, -0.05) is 18.2 Å². The van der Waals surface area contributed by atoms with Crippen molar-refractivity contribution < 1.29 is 8.42 Å². The van der Waals surface area contributed by atoms with Gasteiger partial charge < -0.3 is 5.73 Å². The molecule has 0 aliphatic heterocycles. The summed E-state index contributed by atoms with van der Waals surface area (Å²) in [4.78, 5) is 0.288. The molecule has 0 radical (unpaired) electrons. The molecule has 0 saturated heterocycles. The van der Waals surface area contributed by atoms with E-state index in [1.54, 1.807) is 43.3 Å². The van der Waals surface area contributed by atoms with Gasteiger partial charge in [-0.05, 0) is 56.2 Å². The maximum absolute atomic E-state index is 12.8. The normalized spacial score (nSPS) is 11.4. The van der Waals surface area contributed by atoms with Crippen molar-refractivity contribution in [2.75, 3.05) is 16.6 Å². The third-order valence-corrected chi connectivity index (χ3v) is 5.44. The van der Waals surface area contributed by atoms with Crippen LogP contribution in [0.15, 0.2) is 47.4 Å². The van der Waals surface area contributed by atoms with Crippen LogP contribution in [0.4, 0.5) is 11.4 Å². The fourth-order valence-corrected chi connectivity index (χ4v) is 3.77. The lowest BCUT2D eigenvalue weighted by atomic mass is 10.1. The molecule has 0 aromatic heterocycles. The van der Waals surface area contributed by atoms with E-state index in [4.69, 9.17) is 5.73 Å². The van der Waals surface area contributed by atoms with Crippen molar-refractivity contribution in [3.8, 4) is 0 Å². The van der Waals surface area contributed by atoms with E-state index in [9.17, 15) is 8.42 Å². The molecule has 0 fully saturated rings. The standard InChI is InChI=1S/C16H20N2O2S/c1-4-18(16-8-6-5-7-15(16)17)21(19,20)14-10-9-12(2)13(3)11-14/h5-11H,4,17H2,1-3H3. The van der Waals surface area contributed by atoms with Crippen LogP contribution in [0.1, 0.15) is 18.1 Å². The Bertz CT molecular complexity index is 755. The summed E-state index contributed by atoms with van der Waals surface area (Å²) in [7, 11) is -3.61. The van der Waals surface area contributed by atoms with E-state index in [-0.39, 0.29) is 4.90 Å². The lowest BCUT2D eigenvalue weighted by Crippen LogP contribution is -2.31. The molecule has 112 valence electrons. The summed E-state index contributed by atoms with van der Waals surface area (Å²) in [5.74, 6) is 0. The number of hydrogen-bond donors (Lipinski definition) is 1. The van der Waals surface area contributed by atoms with Crippen LogP contribution in [0, 0.1) is 13.8 Å². The molecule has 0 saturated carbocycles. The molecule has 2 aromatic rings. The number of sulfonamides is 1. The molecule has 0 spiro atoms. The summed E-state index contributed by atoms with van der Waals surface area (Å²) in [6.45, 7) is 5.98. The fourth-order valence-electron chi connectivity index (χ4n) is 2.19. The lowest BCUT2D eigenvalue weighted by Gasteiger charge is -2.24. The topological polar surface area (TPSA) is 63.4 Å². The molecule has 2 N–H and O–H groups in total. The summed E-state index contributed by atoms with van der Waals surface area (Å²) in [5.41, 5.74) is 8.90. The largest absolute Gasteiger partial charge is 0.397 e. The molecular formula is C16H20N2O2S. The average Bonchev–Trinajstić information content (AvgIpc) is 2.44. The first-order chi connectivity index (χ1) is 9.87. The van der Waals surface area contributed by atoms with Crippen molar-refractivity contribution in [3.05, 3.63) is 53.6 Å². The number of hydrogen-bond acceptors (Lipinski definition) is 3. The minimum Gasteiger partial charge on any atom is -0.397 e. The Morgan fingerprint density at radius 1 is 1.05 bits per heavy atom. The van der Waals surface area contributed by atoms with Crippen molar-refractivity contribution in [3.63, 3.8) is 0 Å². The third-order valence-electron chi connectivity index (χ3n) is 3.56. The van der Waals surface area contributed by atoms with Crippen molar-refractivity contribution in [2.45, 2.75) is 25.7 Å². The van der Waals surface area contributed by atoms with Gasteiger partial charge in [-0.3, -0.25) is 4.31 Å². The second-order valence-electron chi connectivity index (χ2n) is 4.97. The van der Waals surface area contributed by atoms with Crippen molar-refractivity contribution in [1.82, 2.24) is 0 Å². The van der Waals surface area contributed by atoms with Crippen LogP contribution in [0.25, 0.3) is 0 Å². The summed E-state index contributed by atoms with van der Waals surface area (Å²) in [5, 5.41) is 0. The Kier molecular flexibility index (Phi) is 4.23. The number of aryl methyl sites for hydroxylation is 2. The van der Waals surface area contributed by atoms with E-state index < -0.39 is 10.0 Å². The van der Waals surface area contributed by atoms with Gasteiger partial charge >= 0.3 is 0 Å². The summed E-state index contributed by atoms with van der Waals surface area (Å²) in [6.07, 6.45) is 0. The number of benzene rings is 2. The Labute approximate surface area is 126 Å². The molecule has 0 atom stereocenters. The van der Waals surface area contributed by atoms with Crippen LogP contribution in [0.2, 0.25) is 0 Å². The number of anilines is 2. The number of nitrogens with zero attached hydrogens (tertiary/aromatic N) is 1. The first kappa shape index (κ1) is 15.4. The number of nitrogen functional groups attached to an aromatic ring is 1. The van der Waals surface area contributed by atoms with Gasteiger partial charge in [0.15, 0.2) is 0 Å². The van der Waals surface area contributed by atoms with Crippen molar-refractivity contribution in [1.29, 1.82) is 0 Å². The second-order valence-corrected chi connectivity index (χ2v) is 6.84. The van der Waals surface area contributed by atoms with Crippen molar-refractivity contribution in [2.24, 2.45) is 0 Å². The van der Waals surface area contributed by atoms with E-state index >= 15 is 0 Å². The van der Waals surface area contributed by atoms with E-state index in [2.05, 4.69) is 0 Å². The van der Waals surface area contributed by atoms with Gasteiger partial charge in [-0.15, -0.1) is 0 Å². The Balaban J connectivity index is 2.55. The van der Waals surface area contributed by atoms with Gasteiger partial charge in [0.05, 0.1) is 16.3 Å². The Hall–Kier alpha value is -2.01. The molecular weight excluding hydrogens is 284 g/mol. The average molecular weight is 304 g/mol. The highest BCUT2D eigenvalue weighted by molar-refractivity contribution is 7.92. The second kappa shape index (κ2) is 5.77. The smallest absolute Gasteiger partial charge is 0.264 e. The predicted octanol–water partition coefficient (Wildman–Crippen LogP) is 3.10. The lowest BCUT2D eigenvalue weighted by molar-refractivity contribution is 0.592. The fraction of sp³-hybridized carbons (Fsp3) is 0.250. The summed E-state index contributed by atoms with van der Waals surface area (Å²) in [6, 6.07) is 12.2. The molecule has 0 aliphatic carbocycles. The van der Waals surface area contributed by atoms with E-state index in [1.165, 1.54) is 4.31 Å². The minimum absolute atomic E-state index is 0.288. The molecule has 0 amide bonds. The van der Waals surface area contributed by atoms with E-state index in [0.29, 0.717) is 17.9 Å². The van der Waals surface area contributed by atoms with E-state index in [0.717, 1.165) is 11.1 Å². The van der Waals surface area contributed by atoms with Crippen LogP contribution < -0.4 is 10.0 Å². The molecule has 0 bridgehead atoms. The van der Waals surface area contributed by atoms with Crippen molar-refractivity contribution >= 4 is 21.4 Å². The van der Waals surface area contributed by atoms with Crippen LogP contribution in [-0.4, -0.2) is 15.0 Å². The molecule has 0 unspecified atom stereocenters. The van der Waals surface area contributed by atoms with Crippen LogP contribution in [0.5, 0.6) is 0 Å². The number of para-hydroxylation sites is 2. The maximum atomic E-state index is 12.8. The van der Waals surface area contributed by atoms with Gasteiger partial charge in [0.2, 0.25) is 0 Å². The monoisotopic (exact) mass is 304 g/mol. The quantitative estimate of drug-likeness (QED) is 0.883. The van der Waals surface area contributed by atoms with Gasteiger partial charge in [-0.25, -0.2) is 8.42 Å². The third kappa shape index (κ3) is 2.88. The molecule has 0 heterocycles. The van der Waals surface area contributed by atoms with Crippen LogP contribution in [0.3, 0.4) is 0 Å². The molecule has 2 aromatic carbocycles. The maximum Gasteiger partial charge on any atom is 0.264 e. The highest BCUT2D eigenvalue weighted by Gasteiger charge is 2.25. The Morgan fingerprint density at radius 3 is 2.29 bits per heavy atom. The SMILES string of the molecule is CCN(c1ccccc1N)S(=O)(=O)c1ccc(C)c(C)c1. The summed E-state index contributed by atoms with van der Waals surface area (Å²) < 4.78 is 27.0. The molecule has 4 nitrogen and oxygen atoms in total. The van der Waals surface area contributed by atoms with Gasteiger partial charge in [0.25, 0.3) is 10.0 Å². The predicted molar refractivity (Wildman–Crippen MR) is 87.0 cm³/mol. The highest BCUT2D eigenvalue weighted by Crippen LogP contribution is 2.29. The zero-order valence-corrected chi connectivity index (χ0v) is 13.3. The minimum atomic E-state index is -3.61. The molecule has 0 aliphatic rings.